The van der Waals surface area contributed by atoms with Gasteiger partial charge in [-0.3, -0.25) is 0 Å². The molecule has 0 spiro atoms. The van der Waals surface area contributed by atoms with Crippen molar-refractivity contribution in [3.8, 4) is 23.7 Å². The molecule has 3 aromatic rings. The molecule has 0 aliphatic carbocycles. The van der Waals surface area contributed by atoms with E-state index in [1.807, 2.05) is 18.2 Å². The summed E-state index contributed by atoms with van der Waals surface area (Å²) in [6.07, 6.45) is 0. The van der Waals surface area contributed by atoms with Crippen LogP contribution in [0.25, 0.3) is 0 Å². The zero-order valence-corrected chi connectivity index (χ0v) is 15.5. The average molecular weight is 356 g/mol. The lowest BCUT2D eigenvalue weighted by molar-refractivity contribution is 0.575. The Balaban J connectivity index is 1.80. The molecule has 0 heterocycles. The summed E-state index contributed by atoms with van der Waals surface area (Å²) in [5, 5.41) is 0. The SMILES string of the molecule is Cc1cc(F)c(C#Cc2ccc(C#Cc3ccc(C)c(C)c3)cc2)c(F)c1. The third-order valence-corrected chi connectivity index (χ3v) is 4.26. The lowest BCUT2D eigenvalue weighted by Gasteiger charge is -1.99. The van der Waals surface area contributed by atoms with Crippen LogP contribution in [-0.4, -0.2) is 0 Å². The Hall–Kier alpha value is -3.36. The molecule has 3 aromatic carbocycles. The fourth-order valence-corrected chi connectivity index (χ4v) is 2.55. The van der Waals surface area contributed by atoms with E-state index in [0.29, 0.717) is 11.1 Å². The Morgan fingerprint density at radius 3 is 1.59 bits per heavy atom. The summed E-state index contributed by atoms with van der Waals surface area (Å²) in [6.45, 7) is 5.77. The number of halogens is 2. The van der Waals surface area contributed by atoms with Gasteiger partial charge < -0.3 is 0 Å². The number of aryl methyl sites for hydroxylation is 3. The van der Waals surface area contributed by atoms with Crippen LogP contribution < -0.4 is 0 Å². The first kappa shape index (κ1) is 18.4. The number of rotatable bonds is 0. The van der Waals surface area contributed by atoms with Crippen LogP contribution >= 0.6 is 0 Å². The van der Waals surface area contributed by atoms with Gasteiger partial charge >= 0.3 is 0 Å². The second kappa shape index (κ2) is 7.90. The summed E-state index contributed by atoms with van der Waals surface area (Å²) in [4.78, 5) is 0. The van der Waals surface area contributed by atoms with E-state index in [9.17, 15) is 8.78 Å². The summed E-state index contributed by atoms with van der Waals surface area (Å²) in [7, 11) is 0. The predicted octanol–water partition coefficient (Wildman–Crippen LogP) is 5.69. The fraction of sp³-hybridized carbons (Fsp3) is 0.120. The van der Waals surface area contributed by atoms with Crippen molar-refractivity contribution >= 4 is 0 Å². The van der Waals surface area contributed by atoms with Gasteiger partial charge in [0.15, 0.2) is 0 Å². The monoisotopic (exact) mass is 356 g/mol. The smallest absolute Gasteiger partial charge is 0.142 e. The van der Waals surface area contributed by atoms with Gasteiger partial charge in [-0.05, 0) is 86.0 Å². The van der Waals surface area contributed by atoms with E-state index in [4.69, 9.17) is 0 Å². The van der Waals surface area contributed by atoms with Crippen molar-refractivity contribution in [1.29, 1.82) is 0 Å². The van der Waals surface area contributed by atoms with E-state index >= 15 is 0 Å². The molecule has 0 radical (unpaired) electrons. The summed E-state index contributed by atoms with van der Waals surface area (Å²) in [5.41, 5.74) is 5.26. The fourth-order valence-electron chi connectivity index (χ4n) is 2.55. The first-order valence-electron chi connectivity index (χ1n) is 8.59. The number of hydrogen-bond acceptors (Lipinski definition) is 0. The second-order valence-corrected chi connectivity index (χ2v) is 6.48. The van der Waals surface area contributed by atoms with Crippen molar-refractivity contribution in [1.82, 2.24) is 0 Å². The molecule has 0 aromatic heterocycles. The maximum absolute atomic E-state index is 13.8. The molecule has 0 amide bonds. The van der Waals surface area contributed by atoms with Crippen LogP contribution in [0.5, 0.6) is 0 Å². The molecule has 0 fully saturated rings. The van der Waals surface area contributed by atoms with Crippen molar-refractivity contribution in [3.05, 3.63) is 105 Å². The standard InChI is InChI=1S/C25H18F2/c1-17-14-24(26)23(25(27)15-17)13-12-21-8-6-20(7-9-21)10-11-22-5-4-18(2)19(3)16-22/h4-9,14-16H,1-3H3. The first-order chi connectivity index (χ1) is 12.9. The Labute approximate surface area is 158 Å². The quantitative estimate of drug-likeness (QED) is 0.454. The van der Waals surface area contributed by atoms with Gasteiger partial charge in [0.25, 0.3) is 0 Å². The lowest BCUT2D eigenvalue weighted by atomic mass is 10.1. The lowest BCUT2D eigenvalue weighted by Crippen LogP contribution is -1.91. The molecule has 132 valence electrons. The normalized spacial score (nSPS) is 9.81. The Kier molecular flexibility index (Phi) is 5.39. The molecule has 0 aliphatic heterocycles. The van der Waals surface area contributed by atoms with Gasteiger partial charge in [-0.1, -0.05) is 29.7 Å². The van der Waals surface area contributed by atoms with Gasteiger partial charge in [-0.2, -0.15) is 0 Å². The Morgan fingerprint density at radius 2 is 1.04 bits per heavy atom. The molecule has 0 saturated heterocycles. The van der Waals surface area contributed by atoms with Gasteiger partial charge in [0.2, 0.25) is 0 Å². The zero-order chi connectivity index (χ0) is 19.4. The van der Waals surface area contributed by atoms with E-state index in [1.54, 1.807) is 19.1 Å². The highest BCUT2D eigenvalue weighted by molar-refractivity contribution is 5.49. The molecule has 0 saturated carbocycles. The maximum Gasteiger partial charge on any atom is 0.142 e. The molecule has 0 unspecified atom stereocenters. The van der Waals surface area contributed by atoms with Crippen LogP contribution in [0.2, 0.25) is 0 Å². The minimum absolute atomic E-state index is 0.209. The Morgan fingerprint density at radius 1 is 0.556 bits per heavy atom. The third kappa shape index (κ3) is 4.63. The van der Waals surface area contributed by atoms with Crippen molar-refractivity contribution in [3.63, 3.8) is 0 Å². The molecule has 0 bridgehead atoms. The van der Waals surface area contributed by atoms with Crippen LogP contribution in [-0.2, 0) is 0 Å². The zero-order valence-electron chi connectivity index (χ0n) is 15.5. The topological polar surface area (TPSA) is 0 Å². The molecule has 27 heavy (non-hydrogen) atoms. The number of benzene rings is 3. The molecule has 0 aliphatic rings. The number of hydrogen-bond donors (Lipinski definition) is 0. The second-order valence-electron chi connectivity index (χ2n) is 6.48. The van der Waals surface area contributed by atoms with E-state index in [2.05, 4.69) is 49.7 Å². The summed E-state index contributed by atoms with van der Waals surface area (Å²) in [5.74, 6) is 10.3. The highest BCUT2D eigenvalue weighted by Gasteiger charge is 2.06. The van der Waals surface area contributed by atoms with E-state index < -0.39 is 11.6 Å². The molecular weight excluding hydrogens is 338 g/mol. The molecule has 0 N–H and O–H groups in total. The van der Waals surface area contributed by atoms with Gasteiger partial charge in [-0.15, -0.1) is 0 Å². The highest BCUT2D eigenvalue weighted by Crippen LogP contribution is 2.14. The van der Waals surface area contributed by atoms with Crippen molar-refractivity contribution in [2.45, 2.75) is 20.8 Å². The summed E-state index contributed by atoms with van der Waals surface area (Å²) < 4.78 is 27.7. The molecular formula is C25H18F2. The molecule has 0 nitrogen and oxygen atoms in total. The van der Waals surface area contributed by atoms with Crippen LogP contribution in [0.4, 0.5) is 8.78 Å². The largest absolute Gasteiger partial charge is 0.206 e. The van der Waals surface area contributed by atoms with Crippen molar-refractivity contribution in [2.24, 2.45) is 0 Å². The van der Waals surface area contributed by atoms with Crippen LogP contribution in [0.1, 0.15) is 38.9 Å². The van der Waals surface area contributed by atoms with Gasteiger partial charge in [0.05, 0.1) is 5.56 Å². The van der Waals surface area contributed by atoms with Gasteiger partial charge in [0.1, 0.15) is 11.6 Å². The van der Waals surface area contributed by atoms with Gasteiger partial charge in [0, 0.05) is 16.7 Å². The van der Waals surface area contributed by atoms with Crippen molar-refractivity contribution < 1.29 is 8.78 Å². The van der Waals surface area contributed by atoms with Gasteiger partial charge in [-0.25, -0.2) is 8.78 Å². The highest BCUT2D eigenvalue weighted by atomic mass is 19.1. The first-order valence-corrected chi connectivity index (χ1v) is 8.59. The van der Waals surface area contributed by atoms with Crippen LogP contribution in [0, 0.1) is 56.1 Å². The molecule has 3 rings (SSSR count). The van der Waals surface area contributed by atoms with Crippen LogP contribution in [0.15, 0.2) is 54.6 Å². The van der Waals surface area contributed by atoms with E-state index in [0.717, 1.165) is 11.1 Å². The Bertz CT molecular complexity index is 1090. The average Bonchev–Trinajstić information content (AvgIpc) is 2.63. The predicted molar refractivity (Wildman–Crippen MR) is 105 cm³/mol. The summed E-state index contributed by atoms with van der Waals surface area (Å²) in [6, 6.07) is 16.0. The summed E-state index contributed by atoms with van der Waals surface area (Å²) >= 11 is 0. The maximum atomic E-state index is 13.8. The van der Waals surface area contributed by atoms with Crippen LogP contribution in [0.3, 0.4) is 0 Å². The minimum atomic E-state index is -0.643. The molecule has 0 atom stereocenters. The van der Waals surface area contributed by atoms with E-state index in [-0.39, 0.29) is 5.56 Å². The molecule has 2 heteroatoms. The third-order valence-electron chi connectivity index (χ3n) is 4.26. The van der Waals surface area contributed by atoms with Crippen molar-refractivity contribution in [2.75, 3.05) is 0 Å². The van der Waals surface area contributed by atoms with E-state index in [1.165, 1.54) is 23.3 Å². The minimum Gasteiger partial charge on any atom is -0.206 e.